The molecule has 0 amide bonds. The van der Waals surface area contributed by atoms with Gasteiger partial charge < -0.3 is 0 Å². The Morgan fingerprint density at radius 3 is 2.20 bits per heavy atom. The first-order valence-corrected chi connectivity index (χ1v) is 7.80. The summed E-state index contributed by atoms with van der Waals surface area (Å²) in [5, 5.41) is -1.08. The van der Waals surface area contributed by atoms with Gasteiger partial charge in [-0.2, -0.15) is 0 Å². The number of aryl methyl sites for hydroxylation is 1. The SMILES string of the molecule is [C-]#[N+]C(Cc1ccccc1)S(=O)(=O)c1ccc(C)cc1. The summed E-state index contributed by atoms with van der Waals surface area (Å²) in [4.78, 5) is 3.52. The molecule has 1 unspecified atom stereocenters. The maximum absolute atomic E-state index is 12.5. The molecule has 3 nitrogen and oxygen atoms in total. The molecule has 0 N–H and O–H groups in total. The third-order valence-corrected chi connectivity index (χ3v) is 5.02. The number of hydrogen-bond donors (Lipinski definition) is 0. The first-order valence-electron chi connectivity index (χ1n) is 6.25. The Kier molecular flexibility index (Phi) is 4.21. The lowest BCUT2D eigenvalue weighted by Gasteiger charge is -2.08. The van der Waals surface area contributed by atoms with Gasteiger partial charge in [0.1, 0.15) is 0 Å². The summed E-state index contributed by atoms with van der Waals surface area (Å²) in [6.07, 6.45) is 0.209. The van der Waals surface area contributed by atoms with Gasteiger partial charge in [-0.05, 0) is 24.6 Å². The van der Waals surface area contributed by atoms with Gasteiger partial charge in [0, 0.05) is 0 Å². The third kappa shape index (κ3) is 3.06. The van der Waals surface area contributed by atoms with Crippen LogP contribution in [0.5, 0.6) is 0 Å². The van der Waals surface area contributed by atoms with Crippen molar-refractivity contribution in [2.45, 2.75) is 23.6 Å². The van der Waals surface area contributed by atoms with E-state index in [1.54, 1.807) is 24.3 Å². The zero-order valence-electron chi connectivity index (χ0n) is 11.2. The third-order valence-electron chi connectivity index (χ3n) is 3.10. The molecule has 20 heavy (non-hydrogen) atoms. The summed E-state index contributed by atoms with van der Waals surface area (Å²) >= 11 is 0. The van der Waals surface area contributed by atoms with Crippen LogP contribution >= 0.6 is 0 Å². The molecule has 2 aromatic carbocycles. The van der Waals surface area contributed by atoms with E-state index in [9.17, 15) is 8.42 Å². The summed E-state index contributed by atoms with van der Waals surface area (Å²) in [6, 6.07) is 15.8. The molecular weight excluding hydrogens is 270 g/mol. The van der Waals surface area contributed by atoms with Crippen LogP contribution in [-0.4, -0.2) is 13.8 Å². The molecule has 0 saturated heterocycles. The predicted octanol–water partition coefficient (Wildman–Crippen LogP) is 3.26. The molecule has 0 aliphatic rings. The second-order valence-electron chi connectivity index (χ2n) is 4.63. The smallest absolute Gasteiger partial charge is 0.296 e. The van der Waals surface area contributed by atoms with Crippen LogP contribution in [0, 0.1) is 13.5 Å². The molecule has 0 saturated carbocycles. The molecule has 2 rings (SSSR count). The largest absolute Gasteiger partial charge is 0.329 e. The minimum atomic E-state index is -3.62. The minimum absolute atomic E-state index is 0.208. The lowest BCUT2D eigenvalue weighted by Crippen LogP contribution is -2.20. The molecule has 0 aliphatic heterocycles. The Morgan fingerprint density at radius 2 is 1.65 bits per heavy atom. The fourth-order valence-electron chi connectivity index (χ4n) is 1.93. The van der Waals surface area contributed by atoms with Crippen LogP contribution in [-0.2, 0) is 16.3 Å². The monoisotopic (exact) mass is 285 g/mol. The molecule has 2 aromatic rings. The summed E-state index contributed by atoms with van der Waals surface area (Å²) in [6.45, 7) is 9.10. The van der Waals surface area contributed by atoms with Gasteiger partial charge in [0.2, 0.25) is 0 Å². The number of benzene rings is 2. The number of nitrogens with zero attached hydrogens (tertiary/aromatic N) is 1. The van der Waals surface area contributed by atoms with Crippen LogP contribution in [0.2, 0.25) is 0 Å². The summed E-state index contributed by atoms with van der Waals surface area (Å²) < 4.78 is 24.9. The van der Waals surface area contributed by atoms with Crippen molar-refractivity contribution in [1.82, 2.24) is 0 Å². The first kappa shape index (κ1) is 14.3. The fourth-order valence-corrected chi connectivity index (χ4v) is 3.31. The quantitative estimate of drug-likeness (QED) is 0.809. The summed E-state index contributed by atoms with van der Waals surface area (Å²) in [5.41, 5.74) is 1.84. The Labute approximate surface area is 119 Å². The molecule has 0 spiro atoms. The molecular formula is C16H15NO2S. The lowest BCUT2D eigenvalue weighted by molar-refractivity contribution is 0.587. The zero-order valence-corrected chi connectivity index (χ0v) is 12.0. The fraction of sp³-hybridized carbons (Fsp3) is 0.188. The zero-order chi connectivity index (χ0) is 14.6. The van der Waals surface area contributed by atoms with Gasteiger partial charge in [0.05, 0.1) is 11.3 Å². The number of sulfone groups is 1. The van der Waals surface area contributed by atoms with Crippen molar-refractivity contribution in [3.05, 3.63) is 77.1 Å². The predicted molar refractivity (Wildman–Crippen MR) is 78.9 cm³/mol. The highest BCUT2D eigenvalue weighted by Gasteiger charge is 2.32. The van der Waals surface area contributed by atoms with Crippen molar-refractivity contribution in [3.8, 4) is 0 Å². The van der Waals surface area contributed by atoms with E-state index in [0.717, 1.165) is 11.1 Å². The molecule has 0 fully saturated rings. The van der Waals surface area contributed by atoms with E-state index in [-0.39, 0.29) is 11.3 Å². The highest BCUT2D eigenvalue weighted by molar-refractivity contribution is 7.92. The molecule has 0 heterocycles. The highest BCUT2D eigenvalue weighted by Crippen LogP contribution is 2.21. The van der Waals surface area contributed by atoms with Crippen molar-refractivity contribution >= 4 is 9.84 Å². The van der Waals surface area contributed by atoms with Gasteiger partial charge in [0.25, 0.3) is 9.84 Å². The maximum Gasteiger partial charge on any atom is 0.329 e. The van der Waals surface area contributed by atoms with Crippen molar-refractivity contribution < 1.29 is 8.42 Å². The first-order chi connectivity index (χ1) is 9.54. The van der Waals surface area contributed by atoms with E-state index in [2.05, 4.69) is 4.85 Å². The molecule has 102 valence electrons. The van der Waals surface area contributed by atoms with Crippen LogP contribution < -0.4 is 0 Å². The van der Waals surface area contributed by atoms with Crippen LogP contribution in [0.4, 0.5) is 0 Å². The van der Waals surface area contributed by atoms with Crippen molar-refractivity contribution in [3.63, 3.8) is 0 Å². The number of rotatable bonds is 4. The highest BCUT2D eigenvalue weighted by atomic mass is 32.2. The number of hydrogen-bond acceptors (Lipinski definition) is 2. The summed E-state index contributed by atoms with van der Waals surface area (Å²) in [7, 11) is -3.62. The Hall–Kier alpha value is -2.12. The van der Waals surface area contributed by atoms with E-state index in [0.29, 0.717) is 0 Å². The van der Waals surface area contributed by atoms with Gasteiger partial charge in [0.15, 0.2) is 0 Å². The van der Waals surface area contributed by atoms with Crippen molar-refractivity contribution in [2.75, 3.05) is 0 Å². The Morgan fingerprint density at radius 1 is 1.05 bits per heavy atom. The van der Waals surface area contributed by atoms with E-state index in [1.165, 1.54) is 0 Å². The molecule has 1 atom stereocenters. The van der Waals surface area contributed by atoms with E-state index in [4.69, 9.17) is 6.57 Å². The standard InChI is InChI=1S/C16H15NO2S/c1-13-8-10-15(11-9-13)20(18,19)16(17-2)12-14-6-4-3-5-7-14/h3-11,16H,12H2,1H3. The molecule has 4 heteroatoms. The van der Waals surface area contributed by atoms with Crippen LogP contribution in [0.1, 0.15) is 11.1 Å². The average molecular weight is 285 g/mol. The molecule has 0 aliphatic carbocycles. The van der Waals surface area contributed by atoms with Crippen LogP contribution in [0.3, 0.4) is 0 Å². The Balaban J connectivity index is 2.31. The van der Waals surface area contributed by atoms with Gasteiger partial charge in [-0.25, -0.2) is 15.0 Å². The molecule has 0 radical (unpaired) electrons. The maximum atomic E-state index is 12.5. The van der Waals surface area contributed by atoms with Crippen molar-refractivity contribution in [2.24, 2.45) is 0 Å². The van der Waals surface area contributed by atoms with E-state index >= 15 is 0 Å². The average Bonchev–Trinajstić information content (AvgIpc) is 2.46. The minimum Gasteiger partial charge on any atom is -0.296 e. The van der Waals surface area contributed by atoms with Gasteiger partial charge >= 0.3 is 5.37 Å². The van der Waals surface area contributed by atoms with Crippen LogP contribution in [0.25, 0.3) is 4.85 Å². The molecule has 0 bridgehead atoms. The Bertz CT molecular complexity index is 713. The van der Waals surface area contributed by atoms with Gasteiger partial charge in [-0.1, -0.05) is 48.0 Å². The second kappa shape index (κ2) is 5.89. The van der Waals surface area contributed by atoms with Gasteiger partial charge in [-0.3, -0.25) is 4.85 Å². The van der Waals surface area contributed by atoms with E-state index < -0.39 is 15.2 Å². The topological polar surface area (TPSA) is 38.5 Å². The van der Waals surface area contributed by atoms with Crippen molar-refractivity contribution in [1.29, 1.82) is 0 Å². The summed E-state index contributed by atoms with van der Waals surface area (Å²) in [5.74, 6) is 0. The normalized spacial score (nSPS) is 12.6. The van der Waals surface area contributed by atoms with E-state index in [1.807, 2.05) is 37.3 Å². The molecule has 0 aromatic heterocycles. The second-order valence-corrected chi connectivity index (χ2v) is 6.74. The van der Waals surface area contributed by atoms with Gasteiger partial charge in [-0.15, -0.1) is 0 Å². The lowest BCUT2D eigenvalue weighted by atomic mass is 10.1. The van der Waals surface area contributed by atoms with Crippen LogP contribution in [0.15, 0.2) is 59.5 Å².